The highest BCUT2D eigenvalue weighted by molar-refractivity contribution is 6.31. The number of carbonyl (C=O) groups is 1. The molecule has 2 aromatic rings. The van der Waals surface area contributed by atoms with E-state index in [0.29, 0.717) is 11.3 Å². The van der Waals surface area contributed by atoms with Crippen molar-refractivity contribution in [3.63, 3.8) is 0 Å². The van der Waals surface area contributed by atoms with Crippen LogP contribution >= 0.6 is 11.6 Å². The maximum absolute atomic E-state index is 14.1. The molecule has 2 rings (SSSR count). The van der Waals surface area contributed by atoms with Crippen LogP contribution in [0.1, 0.15) is 15.9 Å². The molecular weight excluding hydrogens is 331 g/mol. The minimum atomic E-state index is -0.794. The number of rotatable bonds is 5. The Morgan fingerprint density at radius 1 is 1.25 bits per heavy atom. The van der Waals surface area contributed by atoms with Crippen LogP contribution in [0.2, 0.25) is 5.02 Å². The van der Waals surface area contributed by atoms with Gasteiger partial charge in [-0.25, -0.2) is 4.39 Å². The number of nitriles is 1. The van der Waals surface area contributed by atoms with Crippen LogP contribution in [-0.2, 0) is 0 Å². The predicted molar refractivity (Wildman–Crippen MR) is 89.3 cm³/mol. The Kier molecular flexibility index (Phi) is 5.56. The number of hydrogen-bond donors (Lipinski definition) is 0. The Morgan fingerprint density at radius 3 is 2.50 bits per heavy atom. The number of benzene rings is 2. The van der Waals surface area contributed by atoms with Gasteiger partial charge in [0.05, 0.1) is 22.2 Å². The number of allylic oxidation sites excluding steroid dienone is 1. The Balaban J connectivity index is 2.36. The van der Waals surface area contributed by atoms with E-state index in [1.807, 2.05) is 6.07 Å². The van der Waals surface area contributed by atoms with Crippen molar-refractivity contribution in [3.8, 4) is 11.8 Å². The lowest BCUT2D eigenvalue weighted by atomic mass is 10.1. The third kappa shape index (κ3) is 4.12. The van der Waals surface area contributed by atoms with Crippen molar-refractivity contribution in [2.75, 3.05) is 14.1 Å². The molecule has 0 bridgehead atoms. The molecule has 0 aliphatic heterocycles. The molecule has 0 fully saturated rings. The van der Waals surface area contributed by atoms with Gasteiger partial charge in [-0.3, -0.25) is 4.79 Å². The summed E-state index contributed by atoms with van der Waals surface area (Å²) >= 11 is 5.73. The van der Waals surface area contributed by atoms with Gasteiger partial charge in [-0.05, 0) is 36.4 Å². The molecule has 0 N–H and O–H groups in total. The topological polar surface area (TPSA) is 53.3 Å². The minimum absolute atomic E-state index is 0.0640. The van der Waals surface area contributed by atoms with Gasteiger partial charge in [0.15, 0.2) is 11.6 Å². The molecule has 0 saturated carbocycles. The van der Waals surface area contributed by atoms with Crippen molar-refractivity contribution in [2.45, 2.75) is 0 Å². The van der Waals surface area contributed by atoms with E-state index in [0.717, 1.165) is 0 Å². The molecule has 0 heterocycles. The summed E-state index contributed by atoms with van der Waals surface area (Å²) in [6, 6.07) is 12.4. The highest BCUT2D eigenvalue weighted by Crippen LogP contribution is 2.23. The van der Waals surface area contributed by atoms with Crippen LogP contribution in [-0.4, -0.2) is 24.8 Å². The van der Waals surface area contributed by atoms with E-state index in [2.05, 4.69) is 0 Å². The van der Waals surface area contributed by atoms with E-state index < -0.39 is 11.6 Å². The predicted octanol–water partition coefficient (Wildman–Crippen LogP) is 4.02. The fourth-order valence-electron chi connectivity index (χ4n) is 1.90. The minimum Gasteiger partial charge on any atom is -0.452 e. The first-order valence-corrected chi connectivity index (χ1v) is 7.35. The fourth-order valence-corrected chi connectivity index (χ4v) is 2.08. The lowest BCUT2D eigenvalue weighted by molar-refractivity contribution is 0.0978. The number of halogens is 2. The first kappa shape index (κ1) is 17.5. The van der Waals surface area contributed by atoms with Crippen molar-refractivity contribution in [3.05, 3.63) is 76.4 Å². The lowest BCUT2D eigenvalue weighted by Gasteiger charge is -2.13. The van der Waals surface area contributed by atoms with Gasteiger partial charge in [-0.1, -0.05) is 17.7 Å². The van der Waals surface area contributed by atoms with Gasteiger partial charge in [0.1, 0.15) is 5.75 Å². The van der Waals surface area contributed by atoms with Gasteiger partial charge in [0.2, 0.25) is 5.78 Å². The second-order valence-corrected chi connectivity index (χ2v) is 5.53. The van der Waals surface area contributed by atoms with Gasteiger partial charge in [-0.2, -0.15) is 5.26 Å². The quantitative estimate of drug-likeness (QED) is 0.467. The number of nitrogens with zero attached hydrogens (tertiary/aromatic N) is 2. The first-order chi connectivity index (χ1) is 11.4. The monoisotopic (exact) mass is 344 g/mol. The molecule has 6 heteroatoms. The van der Waals surface area contributed by atoms with Crippen molar-refractivity contribution in [1.29, 1.82) is 5.26 Å². The van der Waals surface area contributed by atoms with E-state index in [1.165, 1.54) is 24.4 Å². The average molecular weight is 345 g/mol. The summed E-state index contributed by atoms with van der Waals surface area (Å²) in [7, 11) is 3.42. The highest BCUT2D eigenvalue weighted by Gasteiger charge is 2.20. The average Bonchev–Trinajstić information content (AvgIpc) is 2.56. The molecule has 0 unspecified atom stereocenters. The van der Waals surface area contributed by atoms with Gasteiger partial charge >= 0.3 is 0 Å². The summed E-state index contributed by atoms with van der Waals surface area (Å²) in [6.45, 7) is 0. The number of ether oxygens (including phenoxy) is 1. The molecule has 0 spiro atoms. The highest BCUT2D eigenvalue weighted by atomic mass is 35.5. The van der Waals surface area contributed by atoms with E-state index in [9.17, 15) is 9.18 Å². The number of hydrogen-bond acceptors (Lipinski definition) is 4. The molecule has 0 aromatic heterocycles. The molecule has 0 aliphatic carbocycles. The van der Waals surface area contributed by atoms with E-state index in [4.69, 9.17) is 21.6 Å². The van der Waals surface area contributed by atoms with Crippen molar-refractivity contribution < 1.29 is 13.9 Å². The third-order valence-corrected chi connectivity index (χ3v) is 3.30. The number of carbonyl (C=O) groups excluding carboxylic acids is 1. The maximum atomic E-state index is 14.1. The van der Waals surface area contributed by atoms with E-state index in [1.54, 1.807) is 43.3 Å². The zero-order chi connectivity index (χ0) is 17.7. The molecular formula is C18H14ClFN2O2. The summed E-state index contributed by atoms with van der Waals surface area (Å²) in [6.07, 6.45) is 1.45. The van der Waals surface area contributed by atoms with Crippen LogP contribution in [0.25, 0.3) is 0 Å². The fraction of sp³-hybridized carbons (Fsp3) is 0.111. The molecule has 122 valence electrons. The van der Waals surface area contributed by atoms with Crippen molar-refractivity contribution >= 4 is 17.4 Å². The summed E-state index contributed by atoms with van der Waals surface area (Å²) in [5.41, 5.74) is 0.289. The zero-order valence-electron chi connectivity index (χ0n) is 13.1. The van der Waals surface area contributed by atoms with Crippen LogP contribution in [0.15, 0.2) is 54.4 Å². The van der Waals surface area contributed by atoms with Crippen LogP contribution in [0.3, 0.4) is 0 Å². The standard InChI is InChI=1S/C18H14ClFN2O2/c1-22(2)11-16(24-13-8-6-12(10-21)7-9-13)18(23)14-4-3-5-15(19)17(14)20/h3-9,11H,1-2H3/b16-11-. The van der Waals surface area contributed by atoms with Crippen molar-refractivity contribution in [1.82, 2.24) is 4.90 Å². The van der Waals surface area contributed by atoms with Crippen LogP contribution in [0, 0.1) is 17.1 Å². The van der Waals surface area contributed by atoms with E-state index in [-0.39, 0.29) is 16.3 Å². The largest absolute Gasteiger partial charge is 0.452 e. The van der Waals surface area contributed by atoms with E-state index >= 15 is 0 Å². The summed E-state index contributed by atoms with van der Waals surface area (Å²) in [4.78, 5) is 14.2. The van der Waals surface area contributed by atoms with Gasteiger partial charge in [0, 0.05) is 20.3 Å². The molecule has 0 saturated heterocycles. The Hall–Kier alpha value is -2.84. The Morgan fingerprint density at radius 2 is 1.92 bits per heavy atom. The SMILES string of the molecule is CN(C)/C=C(\Oc1ccc(C#N)cc1)C(=O)c1cccc(Cl)c1F. The van der Waals surface area contributed by atoms with Crippen LogP contribution in [0.4, 0.5) is 4.39 Å². The van der Waals surface area contributed by atoms with Crippen LogP contribution < -0.4 is 4.74 Å². The van der Waals surface area contributed by atoms with Gasteiger partial charge in [0.25, 0.3) is 0 Å². The number of Topliss-reactive ketones (excluding diaryl/α,β-unsaturated/α-hetero) is 1. The molecule has 0 aliphatic rings. The number of ketones is 1. The second-order valence-electron chi connectivity index (χ2n) is 5.13. The second kappa shape index (κ2) is 7.62. The van der Waals surface area contributed by atoms with Crippen molar-refractivity contribution in [2.24, 2.45) is 0 Å². The van der Waals surface area contributed by atoms with Crippen LogP contribution in [0.5, 0.6) is 5.75 Å². The molecule has 0 radical (unpaired) electrons. The molecule has 0 atom stereocenters. The maximum Gasteiger partial charge on any atom is 0.232 e. The summed E-state index contributed by atoms with van der Waals surface area (Å²) < 4.78 is 19.7. The normalized spacial score (nSPS) is 10.9. The first-order valence-electron chi connectivity index (χ1n) is 6.97. The smallest absolute Gasteiger partial charge is 0.232 e. The molecule has 24 heavy (non-hydrogen) atoms. The Bertz CT molecular complexity index is 824. The molecule has 4 nitrogen and oxygen atoms in total. The van der Waals surface area contributed by atoms with Gasteiger partial charge < -0.3 is 9.64 Å². The Labute approximate surface area is 144 Å². The van der Waals surface area contributed by atoms with Gasteiger partial charge in [-0.15, -0.1) is 0 Å². The molecule has 2 aromatic carbocycles. The zero-order valence-corrected chi connectivity index (χ0v) is 13.8. The summed E-state index contributed by atoms with van der Waals surface area (Å²) in [5.74, 6) is -1.13. The molecule has 0 amide bonds. The summed E-state index contributed by atoms with van der Waals surface area (Å²) in [5, 5.41) is 8.67. The third-order valence-electron chi connectivity index (χ3n) is 3.01. The lowest BCUT2D eigenvalue weighted by Crippen LogP contribution is -2.15.